The maximum absolute atomic E-state index is 5.63. The molecule has 0 atom stereocenters. The summed E-state index contributed by atoms with van der Waals surface area (Å²) in [5, 5.41) is 0. The van der Waals surface area contributed by atoms with Crippen LogP contribution in [0.3, 0.4) is 0 Å². The summed E-state index contributed by atoms with van der Waals surface area (Å²) in [6.45, 7) is 0. The molecule has 2 heteroatoms. The number of nitrogen functional groups attached to an aromatic ring is 2. The van der Waals surface area contributed by atoms with Crippen LogP contribution in [0.5, 0.6) is 0 Å². The fraction of sp³-hybridized carbons (Fsp3) is 0.0667. The van der Waals surface area contributed by atoms with Crippen molar-refractivity contribution in [1.29, 1.82) is 0 Å². The van der Waals surface area contributed by atoms with Gasteiger partial charge in [0.1, 0.15) is 0 Å². The predicted octanol–water partition coefficient (Wildman–Crippen LogP) is 3.11. The quantitative estimate of drug-likeness (QED) is 0.787. The van der Waals surface area contributed by atoms with Crippen LogP contribution in [0.2, 0.25) is 0 Å². The maximum atomic E-state index is 5.63. The largest absolute Gasteiger partial charge is 0.399 e. The van der Waals surface area contributed by atoms with Crippen molar-refractivity contribution >= 4 is 17.5 Å². The van der Waals surface area contributed by atoms with Crippen molar-refractivity contribution in [2.24, 2.45) is 0 Å². The molecule has 86 valence electrons. The summed E-state index contributed by atoms with van der Waals surface area (Å²) in [5.41, 5.74) is 15.3. The molecule has 2 nitrogen and oxygen atoms in total. The second-order valence-corrected chi connectivity index (χ2v) is 4.01. The van der Waals surface area contributed by atoms with E-state index in [9.17, 15) is 0 Å². The summed E-state index contributed by atoms with van der Waals surface area (Å²) in [4.78, 5) is 0. The fourth-order valence-corrected chi connectivity index (χ4v) is 1.59. The van der Waals surface area contributed by atoms with Crippen molar-refractivity contribution in [2.75, 3.05) is 11.5 Å². The summed E-state index contributed by atoms with van der Waals surface area (Å²) in [7, 11) is 0. The average Bonchev–Trinajstić information content (AvgIpc) is 2.34. The third-order valence-corrected chi connectivity index (χ3v) is 2.58. The van der Waals surface area contributed by atoms with Crippen LogP contribution in [0.4, 0.5) is 11.4 Å². The van der Waals surface area contributed by atoms with E-state index < -0.39 is 0 Å². The Kier molecular flexibility index (Phi) is 3.46. The molecular formula is C15H16N2. The highest BCUT2D eigenvalue weighted by molar-refractivity contribution is 5.53. The van der Waals surface area contributed by atoms with E-state index in [1.165, 1.54) is 5.56 Å². The first-order valence-corrected chi connectivity index (χ1v) is 5.60. The molecule has 0 radical (unpaired) electrons. The van der Waals surface area contributed by atoms with E-state index in [1.807, 2.05) is 48.5 Å². The van der Waals surface area contributed by atoms with Crippen LogP contribution in [0.25, 0.3) is 6.08 Å². The Balaban J connectivity index is 1.97. The molecule has 2 aromatic rings. The molecule has 0 aliphatic carbocycles. The number of anilines is 2. The van der Waals surface area contributed by atoms with Gasteiger partial charge >= 0.3 is 0 Å². The Morgan fingerprint density at radius 2 is 1.29 bits per heavy atom. The van der Waals surface area contributed by atoms with Crippen molar-refractivity contribution in [2.45, 2.75) is 6.42 Å². The summed E-state index contributed by atoms with van der Waals surface area (Å²) < 4.78 is 0. The Bertz CT molecular complexity index is 495. The SMILES string of the molecule is Nc1ccc(C=CCc2ccc(N)cc2)cc1. The molecular weight excluding hydrogens is 208 g/mol. The number of hydrogen-bond acceptors (Lipinski definition) is 2. The standard InChI is InChI=1S/C15H16N2/c16-14-8-4-12(5-9-14)2-1-3-13-6-10-15(17)11-7-13/h1-2,4-11H,3,16-17H2. The van der Waals surface area contributed by atoms with Crippen LogP contribution in [-0.2, 0) is 6.42 Å². The average molecular weight is 224 g/mol. The number of benzene rings is 2. The molecule has 0 bridgehead atoms. The van der Waals surface area contributed by atoms with Crippen molar-refractivity contribution in [3.63, 3.8) is 0 Å². The van der Waals surface area contributed by atoms with E-state index in [0.717, 1.165) is 23.4 Å². The van der Waals surface area contributed by atoms with Gasteiger partial charge in [-0.1, -0.05) is 36.4 Å². The molecule has 0 fully saturated rings. The van der Waals surface area contributed by atoms with Crippen LogP contribution in [0, 0.1) is 0 Å². The van der Waals surface area contributed by atoms with Gasteiger partial charge in [-0.3, -0.25) is 0 Å². The smallest absolute Gasteiger partial charge is 0.0314 e. The van der Waals surface area contributed by atoms with E-state index in [2.05, 4.69) is 12.2 Å². The zero-order valence-corrected chi connectivity index (χ0v) is 9.64. The second kappa shape index (κ2) is 5.21. The zero-order valence-electron chi connectivity index (χ0n) is 9.64. The number of rotatable bonds is 3. The molecule has 4 N–H and O–H groups in total. The lowest BCUT2D eigenvalue weighted by Crippen LogP contribution is -1.86. The Morgan fingerprint density at radius 3 is 1.88 bits per heavy atom. The molecule has 0 saturated heterocycles. The van der Waals surface area contributed by atoms with Gasteiger partial charge < -0.3 is 11.5 Å². The first-order valence-electron chi connectivity index (χ1n) is 5.60. The van der Waals surface area contributed by atoms with Gasteiger partial charge in [0.25, 0.3) is 0 Å². The Labute approximate surface area is 102 Å². The lowest BCUT2D eigenvalue weighted by molar-refractivity contribution is 1.28. The molecule has 0 aromatic heterocycles. The van der Waals surface area contributed by atoms with Gasteiger partial charge in [0, 0.05) is 11.4 Å². The first kappa shape index (κ1) is 11.3. The zero-order chi connectivity index (χ0) is 12.1. The fourth-order valence-electron chi connectivity index (χ4n) is 1.59. The molecule has 0 aliphatic rings. The third-order valence-electron chi connectivity index (χ3n) is 2.58. The Morgan fingerprint density at radius 1 is 0.765 bits per heavy atom. The summed E-state index contributed by atoms with van der Waals surface area (Å²) >= 11 is 0. The molecule has 2 rings (SSSR count). The second-order valence-electron chi connectivity index (χ2n) is 4.01. The molecule has 2 aromatic carbocycles. The van der Waals surface area contributed by atoms with Gasteiger partial charge in [0.2, 0.25) is 0 Å². The molecule has 17 heavy (non-hydrogen) atoms. The molecule has 0 unspecified atom stereocenters. The summed E-state index contributed by atoms with van der Waals surface area (Å²) in [6, 6.07) is 15.8. The van der Waals surface area contributed by atoms with E-state index in [-0.39, 0.29) is 0 Å². The lowest BCUT2D eigenvalue weighted by Gasteiger charge is -1.98. The van der Waals surface area contributed by atoms with Gasteiger partial charge in [-0.2, -0.15) is 0 Å². The van der Waals surface area contributed by atoms with Gasteiger partial charge in [0.15, 0.2) is 0 Å². The molecule has 0 heterocycles. The van der Waals surface area contributed by atoms with Gasteiger partial charge in [-0.05, 0) is 41.8 Å². The van der Waals surface area contributed by atoms with Gasteiger partial charge in [0.05, 0.1) is 0 Å². The molecule has 0 amide bonds. The van der Waals surface area contributed by atoms with Crippen LogP contribution >= 0.6 is 0 Å². The monoisotopic (exact) mass is 224 g/mol. The Hall–Kier alpha value is -2.22. The van der Waals surface area contributed by atoms with Crippen LogP contribution < -0.4 is 11.5 Å². The normalized spacial score (nSPS) is 10.8. The molecule has 0 spiro atoms. The highest BCUT2D eigenvalue weighted by atomic mass is 14.5. The predicted molar refractivity (Wildman–Crippen MR) is 74.4 cm³/mol. The van der Waals surface area contributed by atoms with E-state index in [4.69, 9.17) is 11.5 Å². The minimum Gasteiger partial charge on any atom is -0.399 e. The highest BCUT2D eigenvalue weighted by Crippen LogP contribution is 2.10. The van der Waals surface area contributed by atoms with E-state index in [1.54, 1.807) is 0 Å². The third kappa shape index (κ3) is 3.38. The first-order chi connectivity index (χ1) is 8.24. The summed E-state index contributed by atoms with van der Waals surface area (Å²) in [6.07, 6.45) is 5.14. The van der Waals surface area contributed by atoms with Crippen LogP contribution in [0.1, 0.15) is 11.1 Å². The number of hydrogen-bond donors (Lipinski definition) is 2. The number of nitrogens with two attached hydrogens (primary N) is 2. The van der Waals surface area contributed by atoms with Crippen molar-refractivity contribution in [3.05, 3.63) is 65.7 Å². The van der Waals surface area contributed by atoms with Gasteiger partial charge in [-0.15, -0.1) is 0 Å². The van der Waals surface area contributed by atoms with Crippen molar-refractivity contribution in [3.8, 4) is 0 Å². The van der Waals surface area contributed by atoms with Crippen molar-refractivity contribution in [1.82, 2.24) is 0 Å². The molecule has 0 saturated carbocycles. The maximum Gasteiger partial charge on any atom is 0.0314 e. The van der Waals surface area contributed by atoms with Gasteiger partial charge in [-0.25, -0.2) is 0 Å². The number of allylic oxidation sites excluding steroid dienone is 1. The van der Waals surface area contributed by atoms with Crippen LogP contribution in [0.15, 0.2) is 54.6 Å². The summed E-state index contributed by atoms with van der Waals surface area (Å²) in [5.74, 6) is 0. The molecule has 0 aliphatic heterocycles. The van der Waals surface area contributed by atoms with E-state index >= 15 is 0 Å². The lowest BCUT2D eigenvalue weighted by atomic mass is 10.1. The minimum atomic E-state index is 0.792. The topological polar surface area (TPSA) is 52.0 Å². The highest BCUT2D eigenvalue weighted by Gasteiger charge is 1.90. The van der Waals surface area contributed by atoms with Crippen molar-refractivity contribution < 1.29 is 0 Å². The van der Waals surface area contributed by atoms with Crippen LogP contribution in [-0.4, -0.2) is 0 Å². The van der Waals surface area contributed by atoms with E-state index in [0.29, 0.717) is 0 Å². The minimum absolute atomic E-state index is 0.792.